The average molecular weight is 313 g/mol. The van der Waals surface area contributed by atoms with Crippen LogP contribution in [0.4, 0.5) is 0 Å². The van der Waals surface area contributed by atoms with E-state index in [4.69, 9.17) is 0 Å². The third-order valence-electron chi connectivity index (χ3n) is 3.51. The van der Waals surface area contributed by atoms with Crippen LogP contribution < -0.4 is 0 Å². The van der Waals surface area contributed by atoms with Gasteiger partial charge in [-0.3, -0.25) is 0 Å². The van der Waals surface area contributed by atoms with Gasteiger partial charge in [0.1, 0.15) is 16.7 Å². The van der Waals surface area contributed by atoms with Crippen LogP contribution >= 0.6 is 0 Å². The highest BCUT2D eigenvalue weighted by atomic mass is 32.2. The molecule has 1 N–H and O–H groups in total. The number of benzene rings is 1. The van der Waals surface area contributed by atoms with Crippen molar-refractivity contribution >= 4 is 26.5 Å². The molecule has 4 rings (SSSR count). The van der Waals surface area contributed by atoms with Gasteiger partial charge in [-0.1, -0.05) is 17.3 Å². The Labute approximate surface area is 125 Å². The summed E-state index contributed by atoms with van der Waals surface area (Å²) in [4.78, 5) is 7.63. The van der Waals surface area contributed by atoms with E-state index in [0.29, 0.717) is 5.69 Å². The van der Waals surface area contributed by atoms with Gasteiger partial charge >= 0.3 is 0 Å². The fraction of sp³-hybridized carbons (Fsp3) is 0.0714. The van der Waals surface area contributed by atoms with Gasteiger partial charge in [0.05, 0.1) is 11.1 Å². The minimum atomic E-state index is -3.21. The zero-order valence-electron chi connectivity index (χ0n) is 11.6. The van der Waals surface area contributed by atoms with E-state index in [1.807, 2.05) is 6.07 Å². The van der Waals surface area contributed by atoms with E-state index in [1.165, 1.54) is 6.26 Å². The molecule has 7 nitrogen and oxygen atoms in total. The van der Waals surface area contributed by atoms with Crippen molar-refractivity contribution in [3.05, 3.63) is 42.7 Å². The van der Waals surface area contributed by atoms with Crippen LogP contribution in [0.25, 0.3) is 27.9 Å². The first-order valence-corrected chi connectivity index (χ1v) is 8.41. The Kier molecular flexibility index (Phi) is 2.58. The van der Waals surface area contributed by atoms with Crippen molar-refractivity contribution < 1.29 is 8.42 Å². The summed E-state index contributed by atoms with van der Waals surface area (Å²) < 4.78 is 24.7. The van der Waals surface area contributed by atoms with Crippen molar-refractivity contribution in [1.82, 2.24) is 24.8 Å². The minimum absolute atomic E-state index is 0.277. The van der Waals surface area contributed by atoms with Crippen LogP contribution in [-0.4, -0.2) is 39.5 Å². The SMILES string of the molecule is CS(=O)(=O)c1ccc(-c2nnn3c2cnc2[nH]ccc23)cc1. The number of H-pyrrole nitrogens is 1. The molecule has 0 aliphatic carbocycles. The molecule has 22 heavy (non-hydrogen) atoms. The Bertz CT molecular complexity index is 1090. The summed E-state index contributed by atoms with van der Waals surface area (Å²) in [6.45, 7) is 0. The molecule has 0 saturated heterocycles. The number of hydrogen-bond acceptors (Lipinski definition) is 5. The highest BCUT2D eigenvalue weighted by Gasteiger charge is 2.13. The van der Waals surface area contributed by atoms with Gasteiger partial charge in [-0.15, -0.1) is 5.10 Å². The van der Waals surface area contributed by atoms with Gasteiger partial charge < -0.3 is 4.98 Å². The lowest BCUT2D eigenvalue weighted by atomic mass is 10.1. The van der Waals surface area contributed by atoms with Gasteiger partial charge in [-0.05, 0) is 18.2 Å². The van der Waals surface area contributed by atoms with Crippen molar-refractivity contribution in [3.8, 4) is 11.3 Å². The minimum Gasteiger partial charge on any atom is -0.345 e. The van der Waals surface area contributed by atoms with Gasteiger partial charge in [0.25, 0.3) is 0 Å². The fourth-order valence-corrected chi connectivity index (χ4v) is 3.03. The maximum absolute atomic E-state index is 11.5. The van der Waals surface area contributed by atoms with Crippen LogP contribution in [0, 0.1) is 0 Å². The number of aromatic nitrogens is 5. The molecule has 0 aliphatic rings. The number of nitrogens with one attached hydrogen (secondary N) is 1. The third-order valence-corrected chi connectivity index (χ3v) is 4.64. The summed E-state index contributed by atoms with van der Waals surface area (Å²) >= 11 is 0. The highest BCUT2D eigenvalue weighted by molar-refractivity contribution is 7.90. The van der Waals surface area contributed by atoms with E-state index in [1.54, 1.807) is 41.2 Å². The molecule has 8 heteroatoms. The first-order chi connectivity index (χ1) is 10.5. The summed E-state index contributed by atoms with van der Waals surface area (Å²) in [5.74, 6) is 0. The maximum atomic E-state index is 11.5. The quantitative estimate of drug-likeness (QED) is 0.607. The van der Waals surface area contributed by atoms with Crippen LogP contribution in [0.5, 0.6) is 0 Å². The van der Waals surface area contributed by atoms with Gasteiger partial charge in [0.15, 0.2) is 15.5 Å². The van der Waals surface area contributed by atoms with Crippen LogP contribution in [0.1, 0.15) is 0 Å². The van der Waals surface area contributed by atoms with Crippen LogP contribution in [0.3, 0.4) is 0 Å². The topological polar surface area (TPSA) is 93.0 Å². The van der Waals surface area contributed by atoms with Crippen molar-refractivity contribution in [2.75, 3.05) is 6.26 Å². The first-order valence-electron chi connectivity index (χ1n) is 6.52. The lowest BCUT2D eigenvalue weighted by Gasteiger charge is -2.01. The number of sulfone groups is 1. The normalized spacial score (nSPS) is 12.2. The molecule has 0 fully saturated rings. The summed E-state index contributed by atoms with van der Waals surface area (Å²) in [5.41, 5.74) is 3.79. The second kappa shape index (κ2) is 4.38. The van der Waals surface area contributed by atoms with Crippen molar-refractivity contribution in [2.45, 2.75) is 4.90 Å². The molecule has 3 heterocycles. The molecule has 110 valence electrons. The number of nitrogens with zero attached hydrogens (tertiary/aromatic N) is 4. The first kappa shape index (κ1) is 13.0. The standard InChI is InChI=1S/C14H11N5O2S/c1-22(20,21)10-4-2-9(3-5-10)13-12-8-16-14-11(6-7-15-14)19(12)18-17-13/h2-8,15H,1H3. The summed E-state index contributed by atoms with van der Waals surface area (Å²) in [5, 5.41) is 8.35. The van der Waals surface area contributed by atoms with Gasteiger partial charge in [-0.25, -0.2) is 17.9 Å². The van der Waals surface area contributed by atoms with Gasteiger partial charge in [0.2, 0.25) is 0 Å². The molecule has 0 saturated carbocycles. The van der Waals surface area contributed by atoms with Crippen LogP contribution in [-0.2, 0) is 9.84 Å². The predicted octanol–water partition coefficient (Wildman–Crippen LogP) is 1.68. The molecular formula is C14H11N5O2S. The number of aromatic amines is 1. The van der Waals surface area contributed by atoms with Crippen molar-refractivity contribution in [3.63, 3.8) is 0 Å². The summed E-state index contributed by atoms with van der Waals surface area (Å²) in [6, 6.07) is 8.46. The van der Waals surface area contributed by atoms with Gasteiger partial charge in [0, 0.05) is 18.0 Å². The van der Waals surface area contributed by atoms with Crippen molar-refractivity contribution in [2.24, 2.45) is 0 Å². The van der Waals surface area contributed by atoms with Crippen LogP contribution in [0.2, 0.25) is 0 Å². The molecule has 0 bridgehead atoms. The second-order valence-electron chi connectivity index (χ2n) is 5.00. The summed E-state index contributed by atoms with van der Waals surface area (Å²) in [7, 11) is -3.21. The van der Waals surface area contributed by atoms with Crippen LogP contribution in [0.15, 0.2) is 47.6 Å². The zero-order valence-corrected chi connectivity index (χ0v) is 12.4. The largest absolute Gasteiger partial charge is 0.345 e. The molecule has 4 aromatic rings. The Hall–Kier alpha value is -2.74. The van der Waals surface area contributed by atoms with E-state index in [9.17, 15) is 8.42 Å². The Morgan fingerprint density at radius 1 is 1.09 bits per heavy atom. The molecular weight excluding hydrogens is 302 g/mol. The highest BCUT2D eigenvalue weighted by Crippen LogP contribution is 2.25. The molecule has 0 aliphatic heterocycles. The smallest absolute Gasteiger partial charge is 0.175 e. The molecule has 3 aromatic heterocycles. The van der Waals surface area contributed by atoms with Gasteiger partial charge in [-0.2, -0.15) is 0 Å². The Morgan fingerprint density at radius 2 is 1.86 bits per heavy atom. The van der Waals surface area contributed by atoms with E-state index < -0.39 is 9.84 Å². The molecule has 0 unspecified atom stereocenters. The third kappa shape index (κ3) is 1.88. The van der Waals surface area contributed by atoms with E-state index >= 15 is 0 Å². The maximum Gasteiger partial charge on any atom is 0.175 e. The number of fused-ring (bicyclic) bond motifs is 3. The molecule has 0 amide bonds. The molecule has 0 spiro atoms. The molecule has 0 radical (unpaired) electrons. The fourth-order valence-electron chi connectivity index (χ4n) is 2.40. The van der Waals surface area contributed by atoms with E-state index in [-0.39, 0.29) is 4.90 Å². The second-order valence-corrected chi connectivity index (χ2v) is 7.02. The number of rotatable bonds is 2. The number of hydrogen-bond donors (Lipinski definition) is 1. The monoisotopic (exact) mass is 313 g/mol. The Morgan fingerprint density at radius 3 is 2.59 bits per heavy atom. The summed E-state index contributed by atoms with van der Waals surface area (Å²) in [6.07, 6.45) is 4.67. The lowest BCUT2D eigenvalue weighted by Crippen LogP contribution is -1.96. The van der Waals surface area contributed by atoms with E-state index in [0.717, 1.165) is 22.2 Å². The predicted molar refractivity (Wildman–Crippen MR) is 81.2 cm³/mol. The van der Waals surface area contributed by atoms with E-state index in [2.05, 4.69) is 20.3 Å². The zero-order chi connectivity index (χ0) is 15.3. The average Bonchev–Trinajstić information content (AvgIpc) is 3.12. The molecule has 0 atom stereocenters. The van der Waals surface area contributed by atoms with Crippen molar-refractivity contribution in [1.29, 1.82) is 0 Å². The molecule has 1 aromatic carbocycles. The Balaban J connectivity index is 1.91. The lowest BCUT2D eigenvalue weighted by molar-refractivity contribution is 0.602.